The van der Waals surface area contributed by atoms with Crippen molar-refractivity contribution in [3.8, 4) is 0 Å². The Morgan fingerprint density at radius 3 is 2.48 bits per heavy atom. The van der Waals surface area contributed by atoms with Crippen LogP contribution in [-0.2, 0) is 6.42 Å². The number of aryl methyl sites for hydroxylation is 1. The number of nitrogens with zero attached hydrogens (tertiary/aromatic N) is 4. The molecule has 0 radical (unpaired) electrons. The molecular formula is C23H28N6. The normalized spacial score (nSPS) is 13.9. The summed E-state index contributed by atoms with van der Waals surface area (Å²) < 4.78 is 0. The van der Waals surface area contributed by atoms with Gasteiger partial charge in [-0.25, -0.2) is 0 Å². The van der Waals surface area contributed by atoms with Gasteiger partial charge in [-0.2, -0.15) is 10.1 Å². The minimum Gasteiger partial charge on any atom is -0.372 e. The Kier molecular flexibility index (Phi) is 6.53. The molecule has 1 aliphatic heterocycles. The van der Waals surface area contributed by atoms with Crippen LogP contribution in [0.5, 0.6) is 0 Å². The molecule has 2 N–H and O–H groups in total. The molecule has 0 aliphatic carbocycles. The number of piperidine rings is 1. The second kappa shape index (κ2) is 9.87. The van der Waals surface area contributed by atoms with E-state index < -0.39 is 0 Å². The van der Waals surface area contributed by atoms with Gasteiger partial charge >= 0.3 is 0 Å². The van der Waals surface area contributed by atoms with Crippen molar-refractivity contribution in [2.45, 2.75) is 32.1 Å². The summed E-state index contributed by atoms with van der Waals surface area (Å²) in [5.41, 5.74) is 3.60. The number of anilines is 4. The third-order valence-electron chi connectivity index (χ3n) is 5.19. The summed E-state index contributed by atoms with van der Waals surface area (Å²) in [4.78, 5) is 6.97. The van der Waals surface area contributed by atoms with Gasteiger partial charge in [-0.3, -0.25) is 0 Å². The molecule has 0 saturated carbocycles. The average molecular weight is 389 g/mol. The molecule has 0 spiro atoms. The molecular weight excluding hydrogens is 360 g/mol. The first-order valence-electron chi connectivity index (χ1n) is 10.5. The fraction of sp³-hybridized carbons (Fsp3) is 0.348. The van der Waals surface area contributed by atoms with E-state index in [0.717, 1.165) is 44.0 Å². The van der Waals surface area contributed by atoms with E-state index in [-0.39, 0.29) is 0 Å². The van der Waals surface area contributed by atoms with Crippen LogP contribution in [0.15, 0.2) is 60.8 Å². The van der Waals surface area contributed by atoms with Crippen molar-refractivity contribution in [1.29, 1.82) is 0 Å². The Balaban J connectivity index is 1.28. The molecule has 2 heterocycles. The number of rotatable bonds is 8. The van der Waals surface area contributed by atoms with E-state index in [1.807, 2.05) is 6.07 Å². The lowest BCUT2D eigenvalue weighted by Crippen LogP contribution is -2.29. The number of benzene rings is 2. The zero-order valence-corrected chi connectivity index (χ0v) is 16.7. The smallest absolute Gasteiger partial charge is 0.249 e. The largest absolute Gasteiger partial charge is 0.372 e. The summed E-state index contributed by atoms with van der Waals surface area (Å²) >= 11 is 0. The van der Waals surface area contributed by atoms with Gasteiger partial charge in [-0.15, -0.1) is 5.10 Å². The van der Waals surface area contributed by atoms with Gasteiger partial charge in [0.1, 0.15) is 0 Å². The number of aromatic nitrogens is 3. The Morgan fingerprint density at radius 1 is 0.897 bits per heavy atom. The van der Waals surface area contributed by atoms with Gasteiger partial charge in [-0.05, 0) is 61.9 Å². The molecule has 6 nitrogen and oxygen atoms in total. The highest BCUT2D eigenvalue weighted by Gasteiger charge is 2.10. The second-order valence-corrected chi connectivity index (χ2v) is 7.40. The molecule has 1 saturated heterocycles. The quantitative estimate of drug-likeness (QED) is 0.548. The summed E-state index contributed by atoms with van der Waals surface area (Å²) in [5.74, 6) is 1.24. The van der Waals surface area contributed by atoms with E-state index in [1.54, 1.807) is 6.20 Å². The maximum atomic E-state index is 4.52. The lowest BCUT2D eigenvalue weighted by molar-refractivity contribution is 0.578. The standard InChI is InChI=1S/C23H28N6/c1-3-8-19(9-4-1)10-7-15-24-22-18-25-28-23(27-22)26-20-11-13-21(14-12-20)29-16-5-2-6-17-29/h1,3-4,8-9,11-14,18H,2,5-7,10,15-17H2,(H2,24,26,27,28). The van der Waals surface area contributed by atoms with Crippen molar-refractivity contribution >= 4 is 23.1 Å². The lowest BCUT2D eigenvalue weighted by atomic mass is 10.1. The van der Waals surface area contributed by atoms with E-state index in [2.05, 4.69) is 79.2 Å². The van der Waals surface area contributed by atoms with Gasteiger partial charge in [-0.1, -0.05) is 30.3 Å². The van der Waals surface area contributed by atoms with Crippen molar-refractivity contribution in [1.82, 2.24) is 15.2 Å². The molecule has 4 rings (SSSR count). The summed E-state index contributed by atoms with van der Waals surface area (Å²) in [7, 11) is 0. The van der Waals surface area contributed by atoms with Crippen LogP contribution in [-0.4, -0.2) is 34.8 Å². The molecule has 6 heteroatoms. The van der Waals surface area contributed by atoms with Crippen LogP contribution in [0.1, 0.15) is 31.2 Å². The Hall–Kier alpha value is -3.15. The minimum atomic E-state index is 0.504. The van der Waals surface area contributed by atoms with Crippen LogP contribution in [0.2, 0.25) is 0 Å². The first kappa shape index (κ1) is 19.2. The molecule has 1 aliphatic rings. The topological polar surface area (TPSA) is 66.0 Å². The monoisotopic (exact) mass is 388 g/mol. The van der Waals surface area contributed by atoms with Crippen LogP contribution in [0.25, 0.3) is 0 Å². The van der Waals surface area contributed by atoms with Gasteiger partial charge in [0.15, 0.2) is 5.82 Å². The van der Waals surface area contributed by atoms with Crippen LogP contribution in [0.4, 0.5) is 23.1 Å². The van der Waals surface area contributed by atoms with Gasteiger partial charge < -0.3 is 15.5 Å². The van der Waals surface area contributed by atoms with E-state index in [9.17, 15) is 0 Å². The van der Waals surface area contributed by atoms with Crippen LogP contribution < -0.4 is 15.5 Å². The summed E-state index contributed by atoms with van der Waals surface area (Å²) in [6.45, 7) is 3.15. The maximum Gasteiger partial charge on any atom is 0.249 e. The minimum absolute atomic E-state index is 0.504. The van der Waals surface area contributed by atoms with E-state index in [1.165, 1.54) is 30.5 Å². The molecule has 2 aromatic carbocycles. The fourth-order valence-electron chi connectivity index (χ4n) is 3.63. The first-order valence-corrected chi connectivity index (χ1v) is 10.5. The predicted molar refractivity (Wildman–Crippen MR) is 119 cm³/mol. The van der Waals surface area contributed by atoms with Gasteiger partial charge in [0.2, 0.25) is 5.95 Å². The molecule has 0 unspecified atom stereocenters. The molecule has 3 aromatic rings. The third-order valence-corrected chi connectivity index (χ3v) is 5.19. The number of hydrogen-bond acceptors (Lipinski definition) is 6. The average Bonchev–Trinajstić information content (AvgIpc) is 2.79. The van der Waals surface area contributed by atoms with Gasteiger partial charge in [0, 0.05) is 31.0 Å². The predicted octanol–water partition coefficient (Wildman–Crippen LogP) is 4.65. The van der Waals surface area contributed by atoms with E-state index >= 15 is 0 Å². The Bertz CT molecular complexity index is 875. The second-order valence-electron chi connectivity index (χ2n) is 7.40. The molecule has 0 amide bonds. The highest BCUT2D eigenvalue weighted by atomic mass is 15.3. The van der Waals surface area contributed by atoms with E-state index in [0.29, 0.717) is 5.95 Å². The summed E-state index contributed by atoms with van der Waals surface area (Å²) in [6.07, 6.45) is 7.65. The van der Waals surface area contributed by atoms with Crippen LogP contribution in [0, 0.1) is 0 Å². The molecule has 29 heavy (non-hydrogen) atoms. The van der Waals surface area contributed by atoms with Gasteiger partial charge in [0.05, 0.1) is 6.20 Å². The Morgan fingerprint density at radius 2 is 1.69 bits per heavy atom. The van der Waals surface area contributed by atoms with Crippen LogP contribution >= 0.6 is 0 Å². The molecule has 0 bridgehead atoms. The van der Waals surface area contributed by atoms with Crippen molar-refractivity contribution < 1.29 is 0 Å². The highest BCUT2D eigenvalue weighted by molar-refractivity contribution is 5.59. The van der Waals surface area contributed by atoms with Crippen LogP contribution in [0.3, 0.4) is 0 Å². The molecule has 150 valence electrons. The van der Waals surface area contributed by atoms with Gasteiger partial charge in [0.25, 0.3) is 0 Å². The molecule has 1 aromatic heterocycles. The molecule has 1 fully saturated rings. The number of hydrogen-bond donors (Lipinski definition) is 2. The zero-order valence-electron chi connectivity index (χ0n) is 16.7. The maximum absolute atomic E-state index is 4.52. The third kappa shape index (κ3) is 5.67. The van der Waals surface area contributed by atoms with Crippen molar-refractivity contribution in [3.05, 3.63) is 66.4 Å². The zero-order chi connectivity index (χ0) is 19.7. The first-order chi connectivity index (χ1) is 14.4. The van der Waals surface area contributed by atoms with Crippen molar-refractivity contribution in [2.75, 3.05) is 35.2 Å². The number of nitrogens with one attached hydrogen (secondary N) is 2. The lowest BCUT2D eigenvalue weighted by Gasteiger charge is -2.28. The summed E-state index contributed by atoms with van der Waals surface area (Å²) in [6, 6.07) is 19.0. The van der Waals surface area contributed by atoms with Crippen molar-refractivity contribution in [3.63, 3.8) is 0 Å². The Labute approximate surface area is 172 Å². The van der Waals surface area contributed by atoms with Crippen molar-refractivity contribution in [2.24, 2.45) is 0 Å². The van der Waals surface area contributed by atoms with E-state index in [4.69, 9.17) is 0 Å². The summed E-state index contributed by atoms with van der Waals surface area (Å²) in [5, 5.41) is 14.7. The molecule has 0 atom stereocenters. The highest BCUT2D eigenvalue weighted by Crippen LogP contribution is 2.23. The SMILES string of the molecule is c1ccc(CCCNc2cnnc(Nc3ccc(N4CCCCC4)cc3)n2)cc1. The fourth-order valence-corrected chi connectivity index (χ4v) is 3.63.